The zero-order chi connectivity index (χ0) is 20.3. The van der Waals surface area contributed by atoms with Gasteiger partial charge < -0.3 is 14.5 Å². The minimum Gasteiger partial charge on any atom is -0.495 e. The Morgan fingerprint density at radius 3 is 2.50 bits per heavy atom. The number of anilines is 2. The Kier molecular flexibility index (Phi) is 5.51. The number of nitrogens with zero attached hydrogens (tertiary/aromatic N) is 1. The first-order chi connectivity index (χ1) is 13.3. The van der Waals surface area contributed by atoms with Gasteiger partial charge in [0.2, 0.25) is 0 Å². The second-order valence-electron chi connectivity index (χ2n) is 6.05. The minimum absolute atomic E-state index is 0.00181. The fourth-order valence-electron chi connectivity index (χ4n) is 2.59. The van der Waals surface area contributed by atoms with Gasteiger partial charge in [-0.1, -0.05) is 31.2 Å². The van der Waals surface area contributed by atoms with Crippen LogP contribution in [0.1, 0.15) is 24.2 Å². The van der Waals surface area contributed by atoms with Crippen molar-refractivity contribution >= 4 is 27.3 Å². The number of carbonyl (C=O) groups is 1. The van der Waals surface area contributed by atoms with E-state index in [0.29, 0.717) is 22.8 Å². The third-order valence-electron chi connectivity index (χ3n) is 4.23. The Morgan fingerprint density at radius 1 is 1.18 bits per heavy atom. The van der Waals surface area contributed by atoms with Gasteiger partial charge in [-0.25, -0.2) is 13.4 Å². The number of oxazole rings is 1. The number of methoxy groups -OCH3 is 1. The molecule has 0 saturated carbocycles. The topological polar surface area (TPSA) is 98.5 Å². The van der Waals surface area contributed by atoms with Gasteiger partial charge in [-0.3, -0.25) is 4.79 Å². The standard InChI is InChI=1S/C20H20N2O5S/c1-4-28(24,25)16-9-10-18(26-3)17(11-16)22-20-21-12-19(27-20)15-7-5-14(6-8-15)13(2)23/h5-12H,4H2,1-3H3,(H,21,22). The Morgan fingerprint density at radius 2 is 1.89 bits per heavy atom. The number of sulfone groups is 1. The SMILES string of the molecule is CCS(=O)(=O)c1ccc(OC)c(Nc2ncc(-c3ccc(C(C)=O)cc3)o2)c1. The van der Waals surface area contributed by atoms with Gasteiger partial charge in [-0.05, 0) is 25.1 Å². The number of benzene rings is 2. The van der Waals surface area contributed by atoms with E-state index in [1.54, 1.807) is 43.5 Å². The van der Waals surface area contributed by atoms with Gasteiger partial charge in [-0.2, -0.15) is 0 Å². The molecule has 0 saturated heterocycles. The summed E-state index contributed by atoms with van der Waals surface area (Å²) in [6, 6.07) is 11.7. The summed E-state index contributed by atoms with van der Waals surface area (Å²) >= 11 is 0. The van der Waals surface area contributed by atoms with Gasteiger partial charge in [-0.15, -0.1) is 0 Å². The maximum Gasteiger partial charge on any atom is 0.299 e. The molecule has 1 aromatic heterocycles. The maximum atomic E-state index is 12.1. The summed E-state index contributed by atoms with van der Waals surface area (Å²) in [5, 5.41) is 2.96. The smallest absolute Gasteiger partial charge is 0.299 e. The quantitative estimate of drug-likeness (QED) is 0.596. The lowest BCUT2D eigenvalue weighted by molar-refractivity contribution is 0.101. The molecule has 0 radical (unpaired) electrons. The van der Waals surface area contributed by atoms with E-state index >= 15 is 0 Å². The van der Waals surface area contributed by atoms with Gasteiger partial charge in [0.1, 0.15) is 5.75 Å². The van der Waals surface area contributed by atoms with E-state index in [1.165, 1.54) is 26.2 Å². The molecule has 2 aromatic carbocycles. The lowest BCUT2D eigenvalue weighted by atomic mass is 10.1. The summed E-state index contributed by atoms with van der Waals surface area (Å²) < 4.78 is 35.3. The zero-order valence-corrected chi connectivity index (χ0v) is 16.5. The molecule has 3 aromatic rings. The lowest BCUT2D eigenvalue weighted by Gasteiger charge is -2.10. The van der Waals surface area contributed by atoms with Crippen LogP contribution in [-0.2, 0) is 9.84 Å². The van der Waals surface area contributed by atoms with E-state index in [-0.39, 0.29) is 22.4 Å². The molecular weight excluding hydrogens is 380 g/mol. The van der Waals surface area contributed by atoms with Crippen LogP contribution in [0, 0.1) is 0 Å². The van der Waals surface area contributed by atoms with Gasteiger partial charge >= 0.3 is 0 Å². The average molecular weight is 400 g/mol. The first-order valence-corrected chi connectivity index (χ1v) is 10.2. The van der Waals surface area contributed by atoms with Gasteiger partial charge in [0, 0.05) is 11.1 Å². The molecule has 0 aliphatic rings. The molecule has 0 atom stereocenters. The Balaban J connectivity index is 1.88. The number of rotatable bonds is 7. The number of aromatic nitrogens is 1. The Bertz CT molecular complexity index is 1100. The largest absolute Gasteiger partial charge is 0.495 e. The van der Waals surface area contributed by atoms with Gasteiger partial charge in [0.25, 0.3) is 6.01 Å². The predicted octanol–water partition coefficient (Wildman–Crippen LogP) is 4.09. The molecule has 1 N–H and O–H groups in total. The molecule has 28 heavy (non-hydrogen) atoms. The van der Waals surface area contributed by atoms with Crippen LogP contribution >= 0.6 is 0 Å². The Hall–Kier alpha value is -3.13. The number of hydrogen-bond acceptors (Lipinski definition) is 7. The van der Waals surface area contributed by atoms with Crippen LogP contribution in [-0.4, -0.2) is 32.0 Å². The van der Waals surface area contributed by atoms with E-state index in [4.69, 9.17) is 9.15 Å². The van der Waals surface area contributed by atoms with Crippen LogP contribution in [0.4, 0.5) is 11.7 Å². The Labute approximate surface area is 163 Å². The highest BCUT2D eigenvalue weighted by Crippen LogP contribution is 2.32. The molecule has 146 valence electrons. The van der Waals surface area contributed by atoms with Crippen molar-refractivity contribution in [1.29, 1.82) is 0 Å². The number of ether oxygens (including phenoxy) is 1. The highest BCUT2D eigenvalue weighted by molar-refractivity contribution is 7.91. The predicted molar refractivity (Wildman–Crippen MR) is 106 cm³/mol. The third-order valence-corrected chi connectivity index (χ3v) is 5.97. The van der Waals surface area contributed by atoms with Crippen molar-refractivity contribution in [2.45, 2.75) is 18.7 Å². The molecule has 7 nitrogen and oxygen atoms in total. The third kappa shape index (κ3) is 4.07. The van der Waals surface area contributed by atoms with Crippen molar-refractivity contribution in [2.24, 2.45) is 0 Å². The lowest BCUT2D eigenvalue weighted by Crippen LogP contribution is -2.05. The van der Waals surface area contributed by atoms with E-state index in [0.717, 1.165) is 5.56 Å². The second-order valence-corrected chi connectivity index (χ2v) is 8.33. The van der Waals surface area contributed by atoms with Crippen molar-refractivity contribution in [1.82, 2.24) is 4.98 Å². The summed E-state index contributed by atoms with van der Waals surface area (Å²) in [5.41, 5.74) is 1.80. The number of nitrogens with one attached hydrogen (secondary N) is 1. The van der Waals surface area contributed by atoms with Crippen molar-refractivity contribution in [3.05, 3.63) is 54.2 Å². The van der Waals surface area contributed by atoms with Crippen LogP contribution in [0.25, 0.3) is 11.3 Å². The molecule has 3 rings (SSSR count). The van der Waals surface area contributed by atoms with Crippen LogP contribution in [0.3, 0.4) is 0 Å². The molecule has 0 amide bonds. The monoisotopic (exact) mass is 400 g/mol. The normalized spacial score (nSPS) is 11.2. The van der Waals surface area contributed by atoms with E-state index in [9.17, 15) is 13.2 Å². The zero-order valence-electron chi connectivity index (χ0n) is 15.7. The fraction of sp³-hybridized carbons (Fsp3) is 0.200. The van der Waals surface area contributed by atoms with Gasteiger partial charge in [0.15, 0.2) is 21.4 Å². The minimum atomic E-state index is -3.36. The molecule has 0 unspecified atom stereocenters. The highest BCUT2D eigenvalue weighted by atomic mass is 32.2. The number of ketones is 1. The first kappa shape index (κ1) is 19.6. The summed E-state index contributed by atoms with van der Waals surface area (Å²) in [5.74, 6) is 0.952. The average Bonchev–Trinajstić information content (AvgIpc) is 3.16. The summed E-state index contributed by atoms with van der Waals surface area (Å²) in [7, 11) is -1.87. The molecule has 8 heteroatoms. The number of carbonyl (C=O) groups excluding carboxylic acids is 1. The van der Waals surface area contributed by atoms with E-state index < -0.39 is 9.84 Å². The summed E-state index contributed by atoms with van der Waals surface area (Å²) in [6.45, 7) is 3.09. The maximum absolute atomic E-state index is 12.1. The highest BCUT2D eigenvalue weighted by Gasteiger charge is 2.16. The van der Waals surface area contributed by atoms with Crippen molar-refractivity contribution in [2.75, 3.05) is 18.2 Å². The van der Waals surface area contributed by atoms with Crippen molar-refractivity contribution in [3.63, 3.8) is 0 Å². The van der Waals surface area contributed by atoms with Crippen LogP contribution < -0.4 is 10.1 Å². The fourth-order valence-corrected chi connectivity index (χ4v) is 3.50. The summed E-state index contributed by atoms with van der Waals surface area (Å²) in [6.07, 6.45) is 1.55. The molecule has 0 fully saturated rings. The molecule has 0 aliphatic heterocycles. The second kappa shape index (κ2) is 7.85. The number of hydrogen-bond donors (Lipinski definition) is 1. The molecule has 0 spiro atoms. The van der Waals surface area contributed by atoms with Crippen LogP contribution in [0.5, 0.6) is 5.75 Å². The van der Waals surface area contributed by atoms with Crippen LogP contribution in [0.15, 0.2) is 58.0 Å². The number of Topliss-reactive ketones (excluding diaryl/α,β-unsaturated/α-hetero) is 1. The molecular formula is C20H20N2O5S. The van der Waals surface area contributed by atoms with E-state index in [2.05, 4.69) is 10.3 Å². The first-order valence-electron chi connectivity index (χ1n) is 8.59. The van der Waals surface area contributed by atoms with Crippen molar-refractivity contribution in [3.8, 4) is 17.1 Å². The van der Waals surface area contributed by atoms with Crippen LogP contribution in [0.2, 0.25) is 0 Å². The van der Waals surface area contributed by atoms with Crippen molar-refractivity contribution < 1.29 is 22.4 Å². The molecule has 0 aliphatic carbocycles. The molecule has 1 heterocycles. The van der Waals surface area contributed by atoms with E-state index in [1.807, 2.05) is 0 Å². The molecule has 0 bridgehead atoms. The van der Waals surface area contributed by atoms with Gasteiger partial charge in [0.05, 0.1) is 29.6 Å². The summed E-state index contributed by atoms with van der Waals surface area (Å²) in [4.78, 5) is 15.7.